The van der Waals surface area contributed by atoms with E-state index in [9.17, 15) is 9.59 Å². The Morgan fingerprint density at radius 3 is 2.72 bits per heavy atom. The van der Waals surface area contributed by atoms with Crippen molar-refractivity contribution in [2.24, 2.45) is 0 Å². The maximum atomic E-state index is 13.2. The Morgan fingerprint density at radius 2 is 1.94 bits per heavy atom. The number of benzene rings is 1. The summed E-state index contributed by atoms with van der Waals surface area (Å²) in [6.45, 7) is 3.59. The molecule has 0 aliphatic carbocycles. The zero-order valence-corrected chi connectivity index (χ0v) is 20.8. The van der Waals surface area contributed by atoms with Crippen molar-refractivity contribution in [2.45, 2.75) is 31.8 Å². The number of amides is 3. The number of anilines is 2. The number of nitrogens with one attached hydrogen (secondary N) is 1. The molecule has 3 N–H and O–H groups in total. The van der Waals surface area contributed by atoms with Gasteiger partial charge in [-0.3, -0.25) is 9.78 Å². The summed E-state index contributed by atoms with van der Waals surface area (Å²) in [5, 5.41) is 4.60. The summed E-state index contributed by atoms with van der Waals surface area (Å²) in [7, 11) is 0. The van der Waals surface area contributed by atoms with Crippen molar-refractivity contribution >= 4 is 45.9 Å². The van der Waals surface area contributed by atoms with Gasteiger partial charge in [-0.2, -0.15) is 0 Å². The number of nitrogens with zero attached hydrogens (tertiary/aromatic N) is 5. The molecule has 1 atom stereocenters. The van der Waals surface area contributed by atoms with E-state index in [4.69, 9.17) is 17.3 Å². The Kier molecular flexibility index (Phi) is 7.09. The first-order valence-electron chi connectivity index (χ1n) is 12.3. The molecule has 4 heterocycles. The third-order valence-electron chi connectivity index (χ3n) is 6.85. The maximum Gasteiger partial charge on any atom is 0.318 e. The van der Waals surface area contributed by atoms with Gasteiger partial charge in [0.05, 0.1) is 5.52 Å². The third-order valence-corrected chi connectivity index (χ3v) is 7.09. The number of piperazine rings is 1. The van der Waals surface area contributed by atoms with E-state index < -0.39 is 6.04 Å². The molecule has 0 bridgehead atoms. The number of fused-ring (bicyclic) bond motifs is 1. The zero-order chi connectivity index (χ0) is 25.1. The lowest BCUT2D eigenvalue weighted by Crippen LogP contribution is -2.56. The third kappa shape index (κ3) is 5.31. The average Bonchev–Trinajstić information content (AvgIpc) is 3.05. The van der Waals surface area contributed by atoms with Crippen molar-refractivity contribution in [3.63, 3.8) is 0 Å². The first kappa shape index (κ1) is 24.1. The summed E-state index contributed by atoms with van der Waals surface area (Å²) in [4.78, 5) is 40.7. The molecule has 2 saturated heterocycles. The number of aromatic nitrogens is 2. The van der Waals surface area contributed by atoms with Crippen LogP contribution in [0.5, 0.6) is 0 Å². The number of hydrogen-bond acceptors (Lipinski definition) is 6. The minimum atomic E-state index is -0.511. The van der Waals surface area contributed by atoms with Gasteiger partial charge in [0.1, 0.15) is 11.9 Å². The fourth-order valence-corrected chi connectivity index (χ4v) is 5.13. The summed E-state index contributed by atoms with van der Waals surface area (Å²) in [5.74, 6) is 0.406. The predicted octanol–water partition coefficient (Wildman–Crippen LogP) is 3.28. The molecule has 10 heteroatoms. The van der Waals surface area contributed by atoms with Crippen LogP contribution < -0.4 is 16.0 Å². The van der Waals surface area contributed by atoms with Crippen molar-refractivity contribution in [3.8, 4) is 0 Å². The van der Waals surface area contributed by atoms with Crippen LogP contribution in [0.25, 0.3) is 10.9 Å². The Morgan fingerprint density at radius 1 is 1.11 bits per heavy atom. The van der Waals surface area contributed by atoms with Crippen LogP contribution in [0.1, 0.15) is 24.8 Å². The molecular weight excluding hydrogens is 478 g/mol. The smallest absolute Gasteiger partial charge is 0.318 e. The average molecular weight is 508 g/mol. The minimum Gasteiger partial charge on any atom is -0.384 e. The topological polar surface area (TPSA) is 108 Å². The van der Waals surface area contributed by atoms with Crippen LogP contribution in [0, 0.1) is 0 Å². The van der Waals surface area contributed by atoms with E-state index in [1.165, 1.54) is 0 Å². The van der Waals surface area contributed by atoms with Crippen LogP contribution in [0.15, 0.2) is 48.8 Å². The van der Waals surface area contributed by atoms with Crippen molar-refractivity contribution in [1.29, 1.82) is 0 Å². The highest BCUT2D eigenvalue weighted by molar-refractivity contribution is 6.31. The number of urea groups is 1. The van der Waals surface area contributed by atoms with Crippen LogP contribution in [-0.2, 0) is 11.3 Å². The molecule has 36 heavy (non-hydrogen) atoms. The number of halogens is 1. The summed E-state index contributed by atoms with van der Waals surface area (Å²) in [6, 6.07) is 10.6. The van der Waals surface area contributed by atoms with Gasteiger partial charge in [-0.1, -0.05) is 17.7 Å². The largest absolute Gasteiger partial charge is 0.384 e. The molecule has 1 unspecified atom stereocenters. The first-order valence-corrected chi connectivity index (χ1v) is 12.7. The molecule has 0 saturated carbocycles. The first-order chi connectivity index (χ1) is 17.5. The van der Waals surface area contributed by atoms with E-state index in [0.717, 1.165) is 35.0 Å². The van der Waals surface area contributed by atoms with Crippen molar-refractivity contribution < 1.29 is 9.59 Å². The van der Waals surface area contributed by atoms with Gasteiger partial charge in [0.15, 0.2) is 0 Å². The fraction of sp³-hybridized carbons (Fsp3) is 0.385. The number of carbonyl (C=O) groups excluding carboxylic acids is 2. The summed E-state index contributed by atoms with van der Waals surface area (Å²) < 4.78 is 0. The minimum absolute atomic E-state index is 0.0271. The highest BCUT2D eigenvalue weighted by Gasteiger charge is 2.31. The number of pyridine rings is 2. The Labute approximate surface area is 215 Å². The van der Waals surface area contributed by atoms with Crippen LogP contribution >= 0.6 is 11.6 Å². The molecule has 3 amide bonds. The molecule has 2 aliphatic rings. The van der Waals surface area contributed by atoms with Crippen LogP contribution in [-0.4, -0.2) is 70.5 Å². The van der Waals surface area contributed by atoms with Crippen molar-refractivity contribution in [1.82, 2.24) is 25.1 Å². The number of carbonyl (C=O) groups is 2. The Bertz CT molecular complexity index is 1240. The molecule has 0 spiro atoms. The fourth-order valence-electron chi connectivity index (χ4n) is 4.96. The quantitative estimate of drug-likeness (QED) is 0.561. The monoisotopic (exact) mass is 507 g/mol. The molecule has 5 rings (SSSR count). The molecule has 3 aromatic rings. The van der Waals surface area contributed by atoms with Crippen LogP contribution in [0.2, 0.25) is 5.02 Å². The number of likely N-dealkylation sites (tertiary alicyclic amines) is 1. The van der Waals surface area contributed by atoms with Gasteiger partial charge in [-0.25, -0.2) is 9.78 Å². The highest BCUT2D eigenvalue weighted by Crippen LogP contribution is 2.30. The van der Waals surface area contributed by atoms with Gasteiger partial charge in [0, 0.05) is 73.8 Å². The van der Waals surface area contributed by atoms with Gasteiger partial charge < -0.3 is 25.8 Å². The molecule has 0 radical (unpaired) electrons. The Hall–Kier alpha value is -3.59. The van der Waals surface area contributed by atoms with Gasteiger partial charge in [0.2, 0.25) is 5.91 Å². The van der Waals surface area contributed by atoms with E-state index in [2.05, 4.69) is 20.2 Å². The lowest BCUT2D eigenvalue weighted by atomic mass is 10.1. The second-order valence-corrected chi connectivity index (χ2v) is 9.76. The Balaban J connectivity index is 1.21. The highest BCUT2D eigenvalue weighted by atomic mass is 35.5. The molecule has 2 aromatic heterocycles. The van der Waals surface area contributed by atoms with Gasteiger partial charge in [-0.15, -0.1) is 0 Å². The van der Waals surface area contributed by atoms with Crippen LogP contribution in [0.4, 0.5) is 16.3 Å². The van der Waals surface area contributed by atoms with Gasteiger partial charge in [-0.05, 0) is 49.1 Å². The second kappa shape index (κ2) is 10.6. The van der Waals surface area contributed by atoms with Crippen molar-refractivity contribution in [2.75, 3.05) is 43.4 Å². The number of nitrogen functional groups attached to an aromatic ring is 1. The van der Waals surface area contributed by atoms with E-state index in [0.29, 0.717) is 56.5 Å². The molecule has 2 aliphatic heterocycles. The van der Waals surface area contributed by atoms with E-state index in [-0.39, 0.29) is 11.9 Å². The molecule has 1 aromatic carbocycles. The van der Waals surface area contributed by atoms with E-state index in [1.807, 2.05) is 41.3 Å². The summed E-state index contributed by atoms with van der Waals surface area (Å²) >= 11 is 6.14. The predicted molar refractivity (Wildman–Crippen MR) is 141 cm³/mol. The number of nitrogens with two attached hydrogens (primary N) is 1. The summed E-state index contributed by atoms with van der Waals surface area (Å²) in [6.07, 6.45) is 5.97. The van der Waals surface area contributed by atoms with E-state index in [1.54, 1.807) is 17.3 Å². The second-order valence-electron chi connectivity index (χ2n) is 9.32. The standard InChI is InChI=1S/C26H30ClN7O2/c27-19-6-7-20-22(14-19)30-24(28)15-23(20)32-10-12-33(13-11-32)26(36)31-21-5-1-2-9-34(25(21)35)17-18-4-3-8-29-16-18/h3-4,6-8,14-16,21H,1-2,5,9-13,17H2,(H2,28,30)(H,31,36). The summed E-state index contributed by atoms with van der Waals surface area (Å²) in [5.41, 5.74) is 8.77. The maximum absolute atomic E-state index is 13.2. The number of rotatable bonds is 4. The normalized spacial score (nSPS) is 18.9. The van der Waals surface area contributed by atoms with Gasteiger partial charge >= 0.3 is 6.03 Å². The van der Waals surface area contributed by atoms with Crippen LogP contribution in [0.3, 0.4) is 0 Å². The molecule has 188 valence electrons. The van der Waals surface area contributed by atoms with Crippen molar-refractivity contribution in [3.05, 3.63) is 59.4 Å². The lowest BCUT2D eigenvalue weighted by molar-refractivity contribution is -0.133. The van der Waals surface area contributed by atoms with E-state index >= 15 is 0 Å². The molecule has 2 fully saturated rings. The lowest BCUT2D eigenvalue weighted by Gasteiger charge is -2.37. The molecule has 9 nitrogen and oxygen atoms in total. The molecular formula is C26H30ClN7O2. The van der Waals surface area contributed by atoms with Gasteiger partial charge in [0.25, 0.3) is 0 Å². The number of hydrogen-bond donors (Lipinski definition) is 2. The zero-order valence-electron chi connectivity index (χ0n) is 20.1. The SMILES string of the molecule is Nc1cc(N2CCN(C(=O)NC3CCCCN(Cc4cccnc4)C3=O)CC2)c2ccc(Cl)cc2n1.